The summed E-state index contributed by atoms with van der Waals surface area (Å²) in [5, 5.41) is 3.75. The van der Waals surface area contributed by atoms with Gasteiger partial charge in [-0.05, 0) is 36.5 Å². The number of hydrogen-bond donors (Lipinski definition) is 1. The highest BCUT2D eigenvalue weighted by molar-refractivity contribution is 9.10. The third kappa shape index (κ3) is 2.01. The number of amides is 1. The zero-order chi connectivity index (χ0) is 17.2. The molecule has 124 valence electrons. The van der Waals surface area contributed by atoms with Gasteiger partial charge in [-0.2, -0.15) is 0 Å². The lowest BCUT2D eigenvalue weighted by Gasteiger charge is -2.39. The SMILES string of the molecule is CC1(C)[C@@]2(C)CC[C@]1(C(=O)Nc1ccc(Cl)c(Cl)c1)[C@H](Br)C2=O. The molecule has 0 aliphatic heterocycles. The Bertz CT molecular complexity index is 721. The minimum atomic E-state index is -0.759. The average molecular weight is 419 g/mol. The van der Waals surface area contributed by atoms with E-state index in [1.54, 1.807) is 18.2 Å². The fourth-order valence-corrected chi connectivity index (χ4v) is 6.08. The molecular formula is C17H18BrCl2NO2. The predicted octanol–water partition coefficient (Wildman–Crippen LogP) is 5.09. The second kappa shape index (κ2) is 5.21. The van der Waals surface area contributed by atoms with Crippen molar-refractivity contribution in [1.82, 2.24) is 0 Å². The van der Waals surface area contributed by atoms with E-state index in [0.29, 0.717) is 22.2 Å². The number of Topliss-reactive ketones (excluding diaryl/α,β-unsaturated/α-hetero) is 1. The summed E-state index contributed by atoms with van der Waals surface area (Å²) in [7, 11) is 0. The molecular weight excluding hydrogens is 401 g/mol. The molecule has 0 radical (unpaired) electrons. The van der Waals surface area contributed by atoms with Crippen LogP contribution in [0.15, 0.2) is 18.2 Å². The molecule has 0 heterocycles. The summed E-state index contributed by atoms with van der Waals surface area (Å²) in [5.74, 6) is -0.0182. The molecule has 2 aliphatic carbocycles. The lowest BCUT2D eigenvalue weighted by Crippen LogP contribution is -2.47. The molecule has 6 heteroatoms. The Labute approximate surface area is 154 Å². The zero-order valence-corrected chi connectivity index (χ0v) is 16.3. The van der Waals surface area contributed by atoms with Gasteiger partial charge in [0.1, 0.15) is 0 Å². The van der Waals surface area contributed by atoms with Crippen LogP contribution >= 0.6 is 39.1 Å². The summed E-state index contributed by atoms with van der Waals surface area (Å²) in [6.07, 6.45) is 1.42. The van der Waals surface area contributed by atoms with Crippen molar-refractivity contribution in [2.45, 2.75) is 38.4 Å². The van der Waals surface area contributed by atoms with Gasteiger partial charge in [0.05, 0.1) is 20.3 Å². The van der Waals surface area contributed by atoms with E-state index in [9.17, 15) is 9.59 Å². The third-order valence-corrected chi connectivity index (χ3v) is 8.24. The van der Waals surface area contributed by atoms with Gasteiger partial charge in [-0.1, -0.05) is 59.9 Å². The molecule has 2 fully saturated rings. The molecule has 1 aromatic rings. The van der Waals surface area contributed by atoms with Crippen molar-refractivity contribution in [1.29, 1.82) is 0 Å². The van der Waals surface area contributed by atoms with Crippen LogP contribution in [0.2, 0.25) is 10.0 Å². The maximum Gasteiger partial charge on any atom is 0.232 e. The summed E-state index contributed by atoms with van der Waals surface area (Å²) in [6.45, 7) is 6.02. The second-order valence-electron chi connectivity index (χ2n) is 7.24. The molecule has 3 rings (SSSR count). The van der Waals surface area contributed by atoms with Gasteiger partial charge in [-0.25, -0.2) is 0 Å². The Hall–Kier alpha value is -0.580. The van der Waals surface area contributed by atoms with E-state index in [1.807, 2.05) is 20.8 Å². The molecule has 2 aliphatic rings. The first-order chi connectivity index (χ1) is 10.6. The quantitative estimate of drug-likeness (QED) is 0.679. The molecule has 2 bridgehead atoms. The summed E-state index contributed by atoms with van der Waals surface area (Å²) >= 11 is 15.4. The molecule has 3 nitrogen and oxygen atoms in total. The number of benzene rings is 1. The number of carbonyl (C=O) groups is 2. The van der Waals surface area contributed by atoms with E-state index >= 15 is 0 Å². The van der Waals surface area contributed by atoms with Crippen molar-refractivity contribution in [3.8, 4) is 0 Å². The number of nitrogens with one attached hydrogen (secondary N) is 1. The van der Waals surface area contributed by atoms with Crippen LogP contribution in [0.25, 0.3) is 0 Å². The lowest BCUT2D eigenvalue weighted by molar-refractivity contribution is -0.130. The molecule has 0 saturated heterocycles. The first kappa shape index (κ1) is 17.2. The van der Waals surface area contributed by atoms with Gasteiger partial charge in [0, 0.05) is 11.1 Å². The molecule has 1 amide bonds. The molecule has 0 aromatic heterocycles. The van der Waals surface area contributed by atoms with Crippen molar-refractivity contribution in [3.63, 3.8) is 0 Å². The third-order valence-electron chi connectivity index (χ3n) is 6.30. The molecule has 0 unspecified atom stereocenters. The summed E-state index contributed by atoms with van der Waals surface area (Å²) in [6, 6.07) is 4.98. The fourth-order valence-electron chi connectivity index (χ4n) is 4.27. The normalized spacial score (nSPS) is 34.7. The van der Waals surface area contributed by atoms with Gasteiger partial charge in [0.2, 0.25) is 5.91 Å². The Balaban J connectivity index is 1.98. The number of hydrogen-bond acceptors (Lipinski definition) is 2. The topological polar surface area (TPSA) is 46.2 Å². The Kier molecular flexibility index (Phi) is 3.90. The number of fused-ring (bicyclic) bond motifs is 2. The van der Waals surface area contributed by atoms with Crippen LogP contribution in [0, 0.1) is 16.2 Å². The maximum atomic E-state index is 13.1. The molecule has 1 aromatic carbocycles. The fraction of sp³-hybridized carbons (Fsp3) is 0.529. The molecule has 2 saturated carbocycles. The molecule has 0 spiro atoms. The number of halogens is 3. The smallest absolute Gasteiger partial charge is 0.232 e. The van der Waals surface area contributed by atoms with Crippen LogP contribution in [-0.4, -0.2) is 16.5 Å². The zero-order valence-electron chi connectivity index (χ0n) is 13.2. The van der Waals surface area contributed by atoms with Crippen molar-refractivity contribution >= 4 is 56.5 Å². The summed E-state index contributed by atoms with van der Waals surface area (Å²) in [4.78, 5) is 25.4. The lowest BCUT2D eigenvalue weighted by atomic mass is 9.64. The van der Waals surface area contributed by atoms with Crippen LogP contribution in [0.3, 0.4) is 0 Å². The van der Waals surface area contributed by atoms with Gasteiger partial charge >= 0.3 is 0 Å². The van der Waals surface area contributed by atoms with Gasteiger partial charge in [-0.3, -0.25) is 9.59 Å². The van der Waals surface area contributed by atoms with E-state index < -0.39 is 21.1 Å². The van der Waals surface area contributed by atoms with Crippen LogP contribution in [0.1, 0.15) is 33.6 Å². The van der Waals surface area contributed by atoms with Crippen LogP contribution in [-0.2, 0) is 9.59 Å². The minimum Gasteiger partial charge on any atom is -0.325 e. The summed E-state index contributed by atoms with van der Waals surface area (Å²) < 4.78 is 0. The van der Waals surface area contributed by atoms with Gasteiger partial charge in [0.25, 0.3) is 0 Å². The first-order valence-electron chi connectivity index (χ1n) is 7.53. The summed E-state index contributed by atoms with van der Waals surface area (Å²) in [5.41, 5.74) is -1.07. The van der Waals surface area contributed by atoms with Crippen LogP contribution < -0.4 is 5.32 Å². The first-order valence-corrected chi connectivity index (χ1v) is 9.20. The minimum absolute atomic E-state index is 0.123. The van der Waals surface area contributed by atoms with Crippen molar-refractivity contribution in [3.05, 3.63) is 28.2 Å². The predicted molar refractivity (Wildman–Crippen MR) is 96.4 cm³/mol. The number of ketones is 1. The van der Waals surface area contributed by atoms with Crippen molar-refractivity contribution in [2.24, 2.45) is 16.2 Å². The number of anilines is 1. The van der Waals surface area contributed by atoms with Crippen LogP contribution in [0.4, 0.5) is 5.69 Å². The largest absolute Gasteiger partial charge is 0.325 e. The Morgan fingerprint density at radius 3 is 2.39 bits per heavy atom. The van der Waals surface area contributed by atoms with E-state index in [4.69, 9.17) is 23.2 Å². The Morgan fingerprint density at radius 2 is 1.87 bits per heavy atom. The standard InChI is InChI=1S/C17H18BrCl2NO2/c1-15(2)16(3)6-7-17(15,12(18)13(16)22)14(23)21-9-4-5-10(19)11(20)8-9/h4-5,8,12H,6-7H2,1-3H3,(H,21,23)/t12-,16+,17-/m1/s1. The molecule has 23 heavy (non-hydrogen) atoms. The highest BCUT2D eigenvalue weighted by Crippen LogP contribution is 2.72. The molecule has 3 atom stereocenters. The number of rotatable bonds is 2. The maximum absolute atomic E-state index is 13.1. The van der Waals surface area contributed by atoms with E-state index in [0.717, 1.165) is 6.42 Å². The number of carbonyl (C=O) groups excluding carboxylic acids is 2. The van der Waals surface area contributed by atoms with Gasteiger partial charge in [-0.15, -0.1) is 0 Å². The van der Waals surface area contributed by atoms with E-state index in [2.05, 4.69) is 21.2 Å². The van der Waals surface area contributed by atoms with Crippen molar-refractivity contribution < 1.29 is 9.59 Å². The number of alkyl halides is 1. The van der Waals surface area contributed by atoms with Crippen molar-refractivity contribution in [2.75, 3.05) is 5.32 Å². The molecule has 1 N–H and O–H groups in total. The van der Waals surface area contributed by atoms with E-state index in [1.165, 1.54) is 0 Å². The highest BCUT2D eigenvalue weighted by Gasteiger charge is 2.76. The Morgan fingerprint density at radius 1 is 1.22 bits per heavy atom. The monoisotopic (exact) mass is 417 g/mol. The average Bonchev–Trinajstić information content (AvgIpc) is 2.75. The second-order valence-corrected chi connectivity index (χ2v) is 8.97. The highest BCUT2D eigenvalue weighted by atomic mass is 79.9. The van der Waals surface area contributed by atoms with Crippen LogP contribution in [0.5, 0.6) is 0 Å². The van der Waals surface area contributed by atoms with Gasteiger partial charge in [0.15, 0.2) is 5.78 Å². The van der Waals surface area contributed by atoms with E-state index in [-0.39, 0.29) is 11.7 Å². The van der Waals surface area contributed by atoms with Gasteiger partial charge < -0.3 is 5.32 Å².